The minimum atomic E-state index is -0.00156. The molecule has 0 bridgehead atoms. The Hall–Kier alpha value is -2.07. The van der Waals surface area contributed by atoms with E-state index in [-0.39, 0.29) is 11.3 Å². The molecule has 0 aromatic heterocycles. The zero-order valence-corrected chi connectivity index (χ0v) is 13.6. The quantitative estimate of drug-likeness (QED) is 0.738. The zero-order valence-electron chi connectivity index (χ0n) is 12.8. The summed E-state index contributed by atoms with van der Waals surface area (Å²) in [6.07, 6.45) is 1.78. The predicted molar refractivity (Wildman–Crippen MR) is 91.5 cm³/mol. The number of hydrogen-bond donors (Lipinski definition) is 0. The summed E-state index contributed by atoms with van der Waals surface area (Å²) in [6, 6.07) is 17.4. The van der Waals surface area contributed by atoms with E-state index >= 15 is 0 Å². The second kappa shape index (κ2) is 8.39. The van der Waals surface area contributed by atoms with Crippen molar-refractivity contribution >= 4 is 17.5 Å². The lowest BCUT2D eigenvalue weighted by atomic mass is 10.1. The van der Waals surface area contributed by atoms with Gasteiger partial charge in [-0.05, 0) is 49.6 Å². The molecule has 0 aliphatic carbocycles. The summed E-state index contributed by atoms with van der Waals surface area (Å²) in [6.45, 7) is 1.99. The summed E-state index contributed by atoms with van der Waals surface area (Å²) in [5.41, 5.74) is 1.24. The normalized spacial score (nSPS) is 11.5. The summed E-state index contributed by atoms with van der Waals surface area (Å²) in [5.74, 6) is 1.56. The van der Waals surface area contributed by atoms with Crippen molar-refractivity contribution in [3.63, 3.8) is 0 Å². The van der Waals surface area contributed by atoms with E-state index in [4.69, 9.17) is 26.4 Å². The SMILES string of the molecule is COc1ccc(CCC(C)OC(=S)Oc2ccccc2)cc1. The van der Waals surface area contributed by atoms with E-state index in [0.29, 0.717) is 5.75 Å². The van der Waals surface area contributed by atoms with E-state index in [1.54, 1.807) is 7.11 Å². The Morgan fingerprint density at radius 1 is 1.00 bits per heavy atom. The summed E-state index contributed by atoms with van der Waals surface area (Å²) < 4.78 is 16.2. The summed E-state index contributed by atoms with van der Waals surface area (Å²) >= 11 is 5.11. The molecule has 3 nitrogen and oxygen atoms in total. The van der Waals surface area contributed by atoms with E-state index in [0.717, 1.165) is 18.6 Å². The van der Waals surface area contributed by atoms with Crippen molar-refractivity contribution in [2.45, 2.75) is 25.9 Å². The van der Waals surface area contributed by atoms with Crippen LogP contribution in [0.4, 0.5) is 0 Å². The minimum absolute atomic E-state index is 0.00156. The molecular weight excluding hydrogens is 296 g/mol. The largest absolute Gasteiger partial charge is 0.497 e. The highest BCUT2D eigenvalue weighted by atomic mass is 32.1. The maximum Gasteiger partial charge on any atom is 0.358 e. The van der Waals surface area contributed by atoms with Crippen molar-refractivity contribution in [1.82, 2.24) is 0 Å². The van der Waals surface area contributed by atoms with Crippen LogP contribution in [-0.4, -0.2) is 18.5 Å². The molecule has 0 saturated heterocycles. The number of hydrogen-bond acceptors (Lipinski definition) is 4. The van der Waals surface area contributed by atoms with Crippen LogP contribution in [0.3, 0.4) is 0 Å². The highest BCUT2D eigenvalue weighted by Gasteiger charge is 2.08. The van der Waals surface area contributed by atoms with E-state index in [9.17, 15) is 0 Å². The number of ether oxygens (including phenoxy) is 3. The second-order valence-electron chi connectivity index (χ2n) is 4.98. The van der Waals surface area contributed by atoms with Gasteiger partial charge in [-0.3, -0.25) is 0 Å². The topological polar surface area (TPSA) is 27.7 Å². The maximum absolute atomic E-state index is 5.61. The van der Waals surface area contributed by atoms with E-state index < -0.39 is 0 Å². The van der Waals surface area contributed by atoms with E-state index in [2.05, 4.69) is 12.1 Å². The molecule has 0 fully saturated rings. The van der Waals surface area contributed by atoms with Gasteiger partial charge in [-0.25, -0.2) is 0 Å². The standard InChI is InChI=1S/C18H20O3S/c1-14(8-9-15-10-12-16(19-2)13-11-15)20-18(22)21-17-6-4-3-5-7-17/h3-7,10-14H,8-9H2,1-2H3. The molecule has 22 heavy (non-hydrogen) atoms. The van der Waals surface area contributed by atoms with Crippen LogP contribution in [0.15, 0.2) is 54.6 Å². The van der Waals surface area contributed by atoms with Gasteiger partial charge in [-0.2, -0.15) is 0 Å². The Bertz CT molecular complexity index is 581. The van der Waals surface area contributed by atoms with Crippen molar-refractivity contribution in [3.8, 4) is 11.5 Å². The lowest BCUT2D eigenvalue weighted by Crippen LogP contribution is -2.18. The first-order valence-corrected chi connectivity index (χ1v) is 7.64. The monoisotopic (exact) mass is 316 g/mol. The van der Waals surface area contributed by atoms with Crippen molar-refractivity contribution in [3.05, 3.63) is 60.2 Å². The van der Waals surface area contributed by atoms with Gasteiger partial charge in [0.05, 0.1) is 7.11 Å². The van der Waals surface area contributed by atoms with Gasteiger partial charge in [0.25, 0.3) is 0 Å². The Balaban J connectivity index is 1.74. The highest BCUT2D eigenvalue weighted by molar-refractivity contribution is 7.79. The van der Waals surface area contributed by atoms with Gasteiger partial charge < -0.3 is 14.2 Å². The molecule has 0 saturated carbocycles. The number of para-hydroxylation sites is 1. The predicted octanol–water partition coefficient (Wildman–Crippen LogP) is 4.40. The number of thiocarbonyl (C=S) groups is 1. The first kappa shape index (κ1) is 16.3. The molecule has 0 aliphatic heterocycles. The average molecular weight is 316 g/mol. The summed E-state index contributed by atoms with van der Waals surface area (Å²) in [7, 11) is 1.67. The van der Waals surface area contributed by atoms with Crippen molar-refractivity contribution < 1.29 is 14.2 Å². The van der Waals surface area contributed by atoms with Gasteiger partial charge in [-0.15, -0.1) is 0 Å². The number of benzene rings is 2. The fourth-order valence-electron chi connectivity index (χ4n) is 1.99. The smallest absolute Gasteiger partial charge is 0.358 e. The molecule has 116 valence electrons. The highest BCUT2D eigenvalue weighted by Crippen LogP contribution is 2.15. The molecular formula is C18H20O3S. The molecule has 0 N–H and O–H groups in total. The van der Waals surface area contributed by atoms with Gasteiger partial charge >= 0.3 is 5.24 Å². The molecule has 1 unspecified atom stereocenters. The summed E-state index contributed by atoms with van der Waals surface area (Å²) in [4.78, 5) is 0. The minimum Gasteiger partial charge on any atom is -0.497 e. The fraction of sp³-hybridized carbons (Fsp3) is 0.278. The molecule has 0 amide bonds. The van der Waals surface area contributed by atoms with Crippen LogP contribution in [0.5, 0.6) is 11.5 Å². The van der Waals surface area contributed by atoms with E-state index in [1.165, 1.54) is 5.56 Å². The molecule has 0 spiro atoms. The number of methoxy groups -OCH3 is 1. The average Bonchev–Trinajstić information content (AvgIpc) is 2.54. The lowest BCUT2D eigenvalue weighted by Gasteiger charge is -2.15. The van der Waals surface area contributed by atoms with Crippen molar-refractivity contribution in [1.29, 1.82) is 0 Å². The van der Waals surface area contributed by atoms with Crippen molar-refractivity contribution in [2.75, 3.05) is 7.11 Å². The Morgan fingerprint density at radius 3 is 2.32 bits per heavy atom. The van der Waals surface area contributed by atoms with Crippen LogP contribution in [0.25, 0.3) is 0 Å². The first-order valence-electron chi connectivity index (χ1n) is 7.24. The Kier molecular flexibility index (Phi) is 6.22. The number of rotatable bonds is 6. The van der Waals surface area contributed by atoms with Gasteiger partial charge in [0.15, 0.2) is 0 Å². The summed E-state index contributed by atoms with van der Waals surface area (Å²) in [5, 5.41) is 0.161. The molecule has 0 aliphatic rings. The Morgan fingerprint density at radius 2 is 1.68 bits per heavy atom. The fourth-order valence-corrected chi connectivity index (χ4v) is 2.25. The van der Waals surface area contributed by atoms with Gasteiger partial charge in [0.1, 0.15) is 17.6 Å². The van der Waals surface area contributed by atoms with Gasteiger partial charge in [0.2, 0.25) is 0 Å². The zero-order chi connectivity index (χ0) is 15.8. The van der Waals surface area contributed by atoms with Crippen LogP contribution < -0.4 is 9.47 Å². The van der Waals surface area contributed by atoms with Gasteiger partial charge in [-0.1, -0.05) is 30.3 Å². The molecule has 1 atom stereocenters. The first-order chi connectivity index (χ1) is 10.7. The molecule has 2 aromatic rings. The van der Waals surface area contributed by atoms with Crippen molar-refractivity contribution in [2.24, 2.45) is 0 Å². The third-order valence-corrected chi connectivity index (χ3v) is 3.42. The second-order valence-corrected chi connectivity index (χ2v) is 5.31. The lowest BCUT2D eigenvalue weighted by molar-refractivity contribution is 0.163. The van der Waals surface area contributed by atoms with Crippen LogP contribution in [0.2, 0.25) is 0 Å². The van der Waals surface area contributed by atoms with Crippen LogP contribution in [0, 0.1) is 0 Å². The molecule has 4 heteroatoms. The maximum atomic E-state index is 5.61. The van der Waals surface area contributed by atoms with Crippen LogP contribution in [0.1, 0.15) is 18.9 Å². The molecule has 2 aromatic carbocycles. The number of aryl methyl sites for hydroxylation is 1. The third kappa shape index (κ3) is 5.37. The van der Waals surface area contributed by atoms with Crippen LogP contribution >= 0.6 is 12.2 Å². The third-order valence-electron chi connectivity index (χ3n) is 3.24. The molecule has 0 heterocycles. The Labute approximate surface area is 136 Å². The van der Waals surface area contributed by atoms with Crippen LogP contribution in [-0.2, 0) is 11.2 Å². The molecule has 2 rings (SSSR count). The molecule has 0 radical (unpaired) electrons. The van der Waals surface area contributed by atoms with E-state index in [1.807, 2.05) is 49.4 Å². The van der Waals surface area contributed by atoms with Gasteiger partial charge in [0, 0.05) is 12.2 Å².